The first-order chi connectivity index (χ1) is 8.16. The van der Waals surface area contributed by atoms with Gasteiger partial charge in [-0.3, -0.25) is 4.79 Å². The van der Waals surface area contributed by atoms with E-state index >= 15 is 0 Å². The summed E-state index contributed by atoms with van der Waals surface area (Å²) in [6, 6.07) is 14.0. The van der Waals surface area contributed by atoms with E-state index in [1.165, 1.54) is 6.07 Å². The molecule has 2 N–H and O–H groups in total. The Morgan fingerprint density at radius 2 is 1.82 bits per heavy atom. The van der Waals surface area contributed by atoms with Gasteiger partial charge in [-0.05, 0) is 52.9 Å². The van der Waals surface area contributed by atoms with Gasteiger partial charge in [-0.1, -0.05) is 18.2 Å². The number of amides is 1. The second-order valence-electron chi connectivity index (χ2n) is 3.49. The third-order valence-electron chi connectivity index (χ3n) is 2.24. The average molecular weight is 339 g/mol. The van der Waals surface area contributed by atoms with Gasteiger partial charge in [-0.25, -0.2) is 0 Å². The van der Waals surface area contributed by atoms with E-state index < -0.39 is 0 Å². The molecule has 0 aromatic heterocycles. The van der Waals surface area contributed by atoms with Crippen molar-refractivity contribution in [3.05, 3.63) is 57.7 Å². The quantitative estimate of drug-likeness (QED) is 0.826. The number of aromatic hydroxyl groups is 1. The number of hydrogen-bond acceptors (Lipinski definition) is 2. The summed E-state index contributed by atoms with van der Waals surface area (Å²) in [4.78, 5) is 11.9. The number of phenols is 1. The Hall–Kier alpha value is -1.56. The van der Waals surface area contributed by atoms with Gasteiger partial charge in [0.05, 0.1) is 3.57 Å². The first-order valence-corrected chi connectivity index (χ1v) is 6.09. The highest BCUT2D eigenvalue weighted by molar-refractivity contribution is 14.1. The van der Waals surface area contributed by atoms with Gasteiger partial charge in [-0.2, -0.15) is 0 Å². The smallest absolute Gasteiger partial charge is 0.255 e. The van der Waals surface area contributed by atoms with E-state index in [-0.39, 0.29) is 11.7 Å². The van der Waals surface area contributed by atoms with Crippen LogP contribution >= 0.6 is 22.6 Å². The monoisotopic (exact) mass is 339 g/mol. The normalized spacial score (nSPS) is 9.94. The van der Waals surface area contributed by atoms with Crippen LogP contribution in [0.2, 0.25) is 0 Å². The largest absolute Gasteiger partial charge is 0.507 e. The fraction of sp³-hybridized carbons (Fsp3) is 0. The van der Waals surface area contributed by atoms with Crippen molar-refractivity contribution in [1.82, 2.24) is 0 Å². The van der Waals surface area contributed by atoms with Crippen molar-refractivity contribution in [2.24, 2.45) is 0 Å². The van der Waals surface area contributed by atoms with Crippen LogP contribution in [0.15, 0.2) is 48.5 Å². The molecule has 1 amide bonds. The van der Waals surface area contributed by atoms with E-state index in [2.05, 4.69) is 5.32 Å². The van der Waals surface area contributed by atoms with Crippen LogP contribution in [0, 0.1) is 3.57 Å². The fourth-order valence-electron chi connectivity index (χ4n) is 1.38. The van der Waals surface area contributed by atoms with Gasteiger partial charge < -0.3 is 10.4 Å². The molecular weight excluding hydrogens is 329 g/mol. The van der Waals surface area contributed by atoms with Gasteiger partial charge in [0.1, 0.15) is 5.75 Å². The van der Waals surface area contributed by atoms with Crippen LogP contribution in [0.3, 0.4) is 0 Å². The maximum absolute atomic E-state index is 11.9. The van der Waals surface area contributed by atoms with Crippen molar-refractivity contribution in [3.63, 3.8) is 0 Å². The Bertz CT molecular complexity index is 540. The number of nitrogens with one attached hydrogen (secondary N) is 1. The molecule has 2 aromatic rings. The summed E-state index contributed by atoms with van der Waals surface area (Å²) in [7, 11) is 0. The molecule has 0 saturated carbocycles. The number of halogens is 1. The van der Waals surface area contributed by atoms with E-state index in [0.717, 1.165) is 9.26 Å². The van der Waals surface area contributed by atoms with Gasteiger partial charge in [0, 0.05) is 11.3 Å². The number of hydrogen-bond donors (Lipinski definition) is 2. The molecule has 0 bridgehead atoms. The van der Waals surface area contributed by atoms with Crippen LogP contribution in [0.1, 0.15) is 10.4 Å². The zero-order chi connectivity index (χ0) is 12.3. The Kier molecular flexibility index (Phi) is 3.63. The van der Waals surface area contributed by atoms with Crippen LogP contribution < -0.4 is 5.32 Å². The van der Waals surface area contributed by atoms with Gasteiger partial charge >= 0.3 is 0 Å². The predicted molar refractivity (Wildman–Crippen MR) is 75.2 cm³/mol. The molecule has 4 heteroatoms. The minimum Gasteiger partial charge on any atom is -0.507 e. The number of carbonyl (C=O) groups excluding carboxylic acids is 1. The van der Waals surface area contributed by atoms with E-state index in [1.807, 2.05) is 52.9 Å². The van der Waals surface area contributed by atoms with Crippen molar-refractivity contribution in [2.75, 3.05) is 5.32 Å². The number of benzene rings is 2. The van der Waals surface area contributed by atoms with Crippen molar-refractivity contribution in [1.29, 1.82) is 0 Å². The molecule has 0 radical (unpaired) electrons. The number of para-hydroxylation sites is 1. The van der Waals surface area contributed by atoms with Gasteiger partial charge in [0.2, 0.25) is 0 Å². The van der Waals surface area contributed by atoms with Crippen LogP contribution in [0.25, 0.3) is 0 Å². The van der Waals surface area contributed by atoms with Gasteiger partial charge in [-0.15, -0.1) is 0 Å². The number of carbonyl (C=O) groups is 1. The minimum atomic E-state index is -0.233. The molecule has 0 fully saturated rings. The van der Waals surface area contributed by atoms with E-state index in [4.69, 9.17) is 0 Å². The number of phenolic OH excluding ortho intramolecular Hbond substituents is 1. The molecule has 0 aliphatic rings. The van der Waals surface area contributed by atoms with Crippen molar-refractivity contribution in [3.8, 4) is 5.75 Å². The summed E-state index contributed by atoms with van der Waals surface area (Å²) in [6.07, 6.45) is 0. The van der Waals surface area contributed by atoms with Crippen molar-refractivity contribution in [2.45, 2.75) is 0 Å². The molecule has 86 valence electrons. The molecule has 0 saturated heterocycles. The van der Waals surface area contributed by atoms with E-state index in [0.29, 0.717) is 5.56 Å². The second-order valence-corrected chi connectivity index (χ2v) is 4.65. The average Bonchev–Trinajstić information content (AvgIpc) is 2.34. The highest BCUT2D eigenvalue weighted by atomic mass is 127. The summed E-state index contributed by atoms with van der Waals surface area (Å²) in [6.45, 7) is 0. The third-order valence-corrected chi connectivity index (χ3v) is 3.15. The highest BCUT2D eigenvalue weighted by Crippen LogP contribution is 2.21. The maximum Gasteiger partial charge on any atom is 0.255 e. The topological polar surface area (TPSA) is 49.3 Å². The van der Waals surface area contributed by atoms with Gasteiger partial charge in [0.25, 0.3) is 5.91 Å². The summed E-state index contributed by atoms with van der Waals surface area (Å²) in [5, 5.41) is 12.3. The van der Waals surface area contributed by atoms with Gasteiger partial charge in [0.15, 0.2) is 0 Å². The zero-order valence-corrected chi connectivity index (χ0v) is 11.0. The van der Waals surface area contributed by atoms with Crippen LogP contribution in [0.4, 0.5) is 5.69 Å². The Balaban J connectivity index is 2.18. The Labute approximate surface area is 113 Å². The predicted octanol–water partition coefficient (Wildman–Crippen LogP) is 3.25. The molecule has 0 spiro atoms. The number of rotatable bonds is 2. The first kappa shape index (κ1) is 11.9. The van der Waals surface area contributed by atoms with E-state index in [1.54, 1.807) is 12.1 Å². The molecule has 0 aliphatic heterocycles. The molecule has 0 unspecified atom stereocenters. The molecule has 3 nitrogen and oxygen atoms in total. The lowest BCUT2D eigenvalue weighted by molar-refractivity contribution is 0.102. The van der Waals surface area contributed by atoms with Crippen LogP contribution in [0.5, 0.6) is 5.75 Å². The summed E-state index contributed by atoms with van der Waals surface area (Å²) in [5.41, 5.74) is 1.17. The zero-order valence-electron chi connectivity index (χ0n) is 8.85. The molecular formula is C13H10INO2. The SMILES string of the molecule is O=C(Nc1ccccc1)c1ccc(I)c(O)c1. The summed E-state index contributed by atoms with van der Waals surface area (Å²) >= 11 is 2.01. The third kappa shape index (κ3) is 2.97. The molecule has 2 rings (SSSR count). The molecule has 0 atom stereocenters. The van der Waals surface area contributed by atoms with Crippen molar-refractivity contribution >= 4 is 34.2 Å². The number of anilines is 1. The molecule has 0 heterocycles. The highest BCUT2D eigenvalue weighted by Gasteiger charge is 2.08. The standard InChI is InChI=1S/C13H10INO2/c14-11-7-6-9(8-12(11)16)13(17)15-10-4-2-1-3-5-10/h1-8,16H,(H,15,17). The molecule has 0 aliphatic carbocycles. The second kappa shape index (κ2) is 5.18. The first-order valence-electron chi connectivity index (χ1n) is 5.02. The lowest BCUT2D eigenvalue weighted by atomic mass is 10.2. The minimum absolute atomic E-state index is 0.117. The fourth-order valence-corrected chi connectivity index (χ4v) is 1.71. The Morgan fingerprint density at radius 1 is 1.12 bits per heavy atom. The lowest BCUT2D eigenvalue weighted by Gasteiger charge is -2.05. The van der Waals surface area contributed by atoms with Crippen molar-refractivity contribution < 1.29 is 9.90 Å². The summed E-state index contributed by atoms with van der Waals surface area (Å²) in [5.74, 6) is -0.116. The lowest BCUT2D eigenvalue weighted by Crippen LogP contribution is -2.11. The van der Waals surface area contributed by atoms with Crippen LogP contribution in [-0.4, -0.2) is 11.0 Å². The maximum atomic E-state index is 11.9. The van der Waals surface area contributed by atoms with Crippen LogP contribution in [-0.2, 0) is 0 Å². The van der Waals surface area contributed by atoms with E-state index in [9.17, 15) is 9.90 Å². The summed E-state index contributed by atoms with van der Waals surface area (Å²) < 4.78 is 0.721. The molecule has 17 heavy (non-hydrogen) atoms. The Morgan fingerprint density at radius 3 is 2.47 bits per heavy atom. The molecule has 2 aromatic carbocycles.